The van der Waals surface area contributed by atoms with Gasteiger partial charge in [0.2, 0.25) is 5.91 Å². The summed E-state index contributed by atoms with van der Waals surface area (Å²) in [5.74, 6) is 0.392. The van der Waals surface area contributed by atoms with Gasteiger partial charge < -0.3 is 10.6 Å². The number of nitrogens with one attached hydrogen (secondary N) is 2. The molecule has 2 rings (SSSR count). The molecule has 0 saturated heterocycles. The number of para-hydroxylation sites is 1. The van der Waals surface area contributed by atoms with Crippen molar-refractivity contribution in [3.63, 3.8) is 0 Å². The Morgan fingerprint density at radius 3 is 2.29 bits per heavy atom. The summed E-state index contributed by atoms with van der Waals surface area (Å²) in [6.45, 7) is 8.79. The van der Waals surface area contributed by atoms with Gasteiger partial charge in [-0.3, -0.25) is 4.79 Å². The molecule has 0 heterocycles. The standard InChI is InChI=1S/C21H28N2O/c1-5-17-10-12-18(13-11-17)21(15(2)3)22-14-20(24)23-19-9-7-6-8-16(19)4/h6-13,15,21-22H,5,14H2,1-4H3,(H,23,24)/t21-/m0/s1. The number of hydrogen-bond donors (Lipinski definition) is 2. The van der Waals surface area contributed by atoms with Crippen molar-refractivity contribution in [3.05, 3.63) is 65.2 Å². The van der Waals surface area contributed by atoms with Crippen LogP contribution in [0, 0.1) is 12.8 Å². The predicted octanol–water partition coefficient (Wildman–Crippen LogP) is 4.48. The Hall–Kier alpha value is -2.13. The van der Waals surface area contributed by atoms with Crippen molar-refractivity contribution in [2.24, 2.45) is 5.92 Å². The number of anilines is 1. The lowest BCUT2D eigenvalue weighted by atomic mass is 9.95. The second-order valence-electron chi connectivity index (χ2n) is 6.56. The molecule has 0 aromatic heterocycles. The van der Waals surface area contributed by atoms with E-state index in [9.17, 15) is 4.79 Å². The Labute approximate surface area is 145 Å². The molecule has 0 aliphatic heterocycles. The van der Waals surface area contributed by atoms with Crippen molar-refractivity contribution >= 4 is 11.6 Å². The first-order valence-electron chi connectivity index (χ1n) is 8.69. The van der Waals surface area contributed by atoms with E-state index in [0.29, 0.717) is 12.5 Å². The van der Waals surface area contributed by atoms with Gasteiger partial charge in [0.15, 0.2) is 0 Å². The molecular weight excluding hydrogens is 296 g/mol. The van der Waals surface area contributed by atoms with Crippen LogP contribution >= 0.6 is 0 Å². The molecule has 3 nitrogen and oxygen atoms in total. The molecule has 2 aromatic carbocycles. The van der Waals surface area contributed by atoms with Crippen molar-refractivity contribution in [1.29, 1.82) is 0 Å². The van der Waals surface area contributed by atoms with Crippen LogP contribution in [0.1, 0.15) is 43.5 Å². The summed E-state index contributed by atoms with van der Waals surface area (Å²) in [4.78, 5) is 12.2. The van der Waals surface area contributed by atoms with Crippen molar-refractivity contribution in [3.8, 4) is 0 Å². The zero-order chi connectivity index (χ0) is 17.5. The van der Waals surface area contributed by atoms with Crippen LogP contribution in [-0.2, 0) is 11.2 Å². The summed E-state index contributed by atoms with van der Waals surface area (Å²) in [5.41, 5.74) is 4.50. The number of rotatable bonds is 7. The van der Waals surface area contributed by atoms with Gasteiger partial charge in [0.05, 0.1) is 6.54 Å². The second-order valence-corrected chi connectivity index (χ2v) is 6.56. The van der Waals surface area contributed by atoms with Crippen LogP contribution in [0.5, 0.6) is 0 Å². The third-order valence-electron chi connectivity index (χ3n) is 4.32. The van der Waals surface area contributed by atoms with Crippen LogP contribution in [0.2, 0.25) is 0 Å². The largest absolute Gasteiger partial charge is 0.325 e. The minimum Gasteiger partial charge on any atom is -0.325 e. The molecule has 2 N–H and O–H groups in total. The summed E-state index contributed by atoms with van der Waals surface area (Å²) < 4.78 is 0. The van der Waals surface area contributed by atoms with Gasteiger partial charge in [-0.25, -0.2) is 0 Å². The molecule has 0 aliphatic rings. The monoisotopic (exact) mass is 324 g/mol. The fraction of sp³-hybridized carbons (Fsp3) is 0.381. The Bertz CT molecular complexity index is 662. The molecule has 1 amide bonds. The second kappa shape index (κ2) is 8.65. The van der Waals surface area contributed by atoms with E-state index in [4.69, 9.17) is 0 Å². The molecule has 0 spiro atoms. The molecule has 0 fully saturated rings. The molecule has 3 heteroatoms. The van der Waals surface area contributed by atoms with Crippen molar-refractivity contribution < 1.29 is 4.79 Å². The predicted molar refractivity (Wildman–Crippen MR) is 101 cm³/mol. The third kappa shape index (κ3) is 4.93. The Morgan fingerprint density at radius 1 is 1.04 bits per heavy atom. The van der Waals surface area contributed by atoms with E-state index in [1.165, 1.54) is 11.1 Å². The Morgan fingerprint density at radius 2 is 1.71 bits per heavy atom. The quantitative estimate of drug-likeness (QED) is 0.788. The van der Waals surface area contributed by atoms with Crippen molar-refractivity contribution in [2.75, 3.05) is 11.9 Å². The number of carbonyl (C=O) groups is 1. The average Bonchev–Trinajstić information content (AvgIpc) is 2.57. The van der Waals surface area contributed by atoms with Gasteiger partial charge in [-0.05, 0) is 42.0 Å². The van der Waals surface area contributed by atoms with Crippen molar-refractivity contribution in [2.45, 2.75) is 40.2 Å². The molecule has 0 bridgehead atoms. The maximum atomic E-state index is 12.2. The first-order valence-corrected chi connectivity index (χ1v) is 8.69. The average molecular weight is 324 g/mol. The van der Waals surface area contributed by atoms with E-state index in [1.54, 1.807) is 0 Å². The number of hydrogen-bond acceptors (Lipinski definition) is 2. The molecule has 0 unspecified atom stereocenters. The van der Waals surface area contributed by atoms with Gasteiger partial charge in [-0.15, -0.1) is 0 Å². The summed E-state index contributed by atoms with van der Waals surface area (Å²) in [6.07, 6.45) is 1.04. The smallest absolute Gasteiger partial charge is 0.238 e. The zero-order valence-corrected chi connectivity index (χ0v) is 15.1. The highest BCUT2D eigenvalue weighted by Crippen LogP contribution is 2.22. The van der Waals surface area contributed by atoms with E-state index < -0.39 is 0 Å². The van der Waals surface area contributed by atoms with Gasteiger partial charge in [0, 0.05) is 11.7 Å². The summed E-state index contributed by atoms with van der Waals surface area (Å²) in [6, 6.07) is 16.6. The Kier molecular flexibility index (Phi) is 6.56. The third-order valence-corrected chi connectivity index (χ3v) is 4.32. The van der Waals surface area contributed by atoms with E-state index in [0.717, 1.165) is 17.7 Å². The van der Waals surface area contributed by atoms with E-state index >= 15 is 0 Å². The van der Waals surface area contributed by atoms with Gasteiger partial charge in [0.25, 0.3) is 0 Å². The van der Waals surface area contributed by atoms with Gasteiger partial charge >= 0.3 is 0 Å². The normalized spacial score (nSPS) is 12.2. The summed E-state index contributed by atoms with van der Waals surface area (Å²) in [7, 11) is 0. The lowest BCUT2D eigenvalue weighted by Crippen LogP contribution is -2.33. The van der Waals surface area contributed by atoms with E-state index in [1.807, 2.05) is 31.2 Å². The fourth-order valence-corrected chi connectivity index (χ4v) is 2.81. The van der Waals surface area contributed by atoms with Crippen LogP contribution in [-0.4, -0.2) is 12.5 Å². The minimum atomic E-state index is -0.0138. The van der Waals surface area contributed by atoms with Crippen molar-refractivity contribution in [1.82, 2.24) is 5.32 Å². The number of aryl methyl sites for hydroxylation is 2. The van der Waals surface area contributed by atoms with Crippen LogP contribution < -0.4 is 10.6 Å². The first-order chi connectivity index (χ1) is 11.5. The molecule has 2 aromatic rings. The summed E-state index contributed by atoms with van der Waals surface area (Å²) in [5, 5.41) is 6.37. The van der Waals surface area contributed by atoms with Gasteiger partial charge in [-0.1, -0.05) is 63.2 Å². The topological polar surface area (TPSA) is 41.1 Å². The fourth-order valence-electron chi connectivity index (χ4n) is 2.81. The highest BCUT2D eigenvalue weighted by molar-refractivity contribution is 5.92. The maximum absolute atomic E-state index is 12.2. The van der Waals surface area contributed by atoms with Crippen LogP contribution in [0.3, 0.4) is 0 Å². The zero-order valence-electron chi connectivity index (χ0n) is 15.1. The molecular formula is C21H28N2O. The lowest BCUT2D eigenvalue weighted by Gasteiger charge is -2.23. The van der Waals surface area contributed by atoms with Crippen LogP contribution in [0.4, 0.5) is 5.69 Å². The highest BCUT2D eigenvalue weighted by atomic mass is 16.1. The number of carbonyl (C=O) groups excluding carboxylic acids is 1. The molecule has 0 aliphatic carbocycles. The molecule has 0 radical (unpaired) electrons. The molecule has 128 valence electrons. The molecule has 24 heavy (non-hydrogen) atoms. The lowest BCUT2D eigenvalue weighted by molar-refractivity contribution is -0.115. The maximum Gasteiger partial charge on any atom is 0.238 e. The van der Waals surface area contributed by atoms with E-state index in [2.05, 4.69) is 55.7 Å². The minimum absolute atomic E-state index is 0.0138. The highest BCUT2D eigenvalue weighted by Gasteiger charge is 2.16. The molecule has 1 atom stereocenters. The van der Waals surface area contributed by atoms with Gasteiger partial charge in [0.1, 0.15) is 0 Å². The van der Waals surface area contributed by atoms with Crippen LogP contribution in [0.15, 0.2) is 48.5 Å². The van der Waals surface area contributed by atoms with E-state index in [-0.39, 0.29) is 11.9 Å². The van der Waals surface area contributed by atoms with Crippen LogP contribution in [0.25, 0.3) is 0 Å². The Balaban J connectivity index is 1.98. The van der Waals surface area contributed by atoms with Gasteiger partial charge in [-0.2, -0.15) is 0 Å². The number of amides is 1. The summed E-state index contributed by atoms with van der Waals surface area (Å²) >= 11 is 0. The molecule has 0 saturated carbocycles. The first kappa shape index (κ1) is 18.2. The number of benzene rings is 2. The SMILES string of the molecule is CCc1ccc([C@@H](NCC(=O)Nc2ccccc2C)C(C)C)cc1.